The molecule has 0 bridgehead atoms. The Bertz CT molecular complexity index is 974. The first-order chi connectivity index (χ1) is 11.7. The molecule has 0 aliphatic rings. The van der Waals surface area contributed by atoms with Gasteiger partial charge in [0.1, 0.15) is 16.5 Å². The highest BCUT2D eigenvalue weighted by atomic mass is 35.5. The monoisotopic (exact) mass is 359 g/mol. The molecule has 6 nitrogen and oxygen atoms in total. The van der Waals surface area contributed by atoms with Crippen molar-refractivity contribution in [3.05, 3.63) is 41.3 Å². The van der Waals surface area contributed by atoms with Crippen LogP contribution in [0.2, 0.25) is 5.15 Å². The fraction of sp³-hybridized carbons (Fsp3) is 0.278. The van der Waals surface area contributed by atoms with E-state index < -0.39 is 11.7 Å². The number of carbonyl (C=O) groups excluding carboxylic acids is 1. The van der Waals surface area contributed by atoms with E-state index in [-0.39, 0.29) is 10.9 Å². The van der Waals surface area contributed by atoms with Gasteiger partial charge in [-0.05, 0) is 51.5 Å². The summed E-state index contributed by atoms with van der Waals surface area (Å²) in [5.74, 6) is 0.0284. The van der Waals surface area contributed by atoms with Gasteiger partial charge in [-0.2, -0.15) is 9.78 Å². The van der Waals surface area contributed by atoms with Gasteiger partial charge in [-0.15, -0.1) is 0 Å². The number of hydrogen-bond acceptors (Lipinski definition) is 5. The second kappa shape index (κ2) is 6.04. The number of nitrogens with zero attached hydrogens (tertiary/aromatic N) is 3. The molecule has 0 saturated heterocycles. The molecule has 25 heavy (non-hydrogen) atoms. The molecule has 3 rings (SSSR count). The average Bonchev–Trinajstić information content (AvgIpc) is 2.85. The lowest BCUT2D eigenvalue weighted by Gasteiger charge is -2.19. The maximum atomic E-state index is 12.4. The van der Waals surface area contributed by atoms with E-state index in [0.717, 1.165) is 10.9 Å². The van der Waals surface area contributed by atoms with Gasteiger partial charge in [0.05, 0.1) is 17.4 Å². The standard InChI is InChI=1S/C18H18ClN3O3/c1-10-13-7-11(14-8-12(23)9-20-16(14)19)5-6-15(13)22(21-10)17(24)25-18(2,3)4/h5-9,23H,1-4H3. The van der Waals surface area contributed by atoms with Crippen molar-refractivity contribution in [1.82, 2.24) is 14.8 Å². The zero-order valence-corrected chi connectivity index (χ0v) is 15.1. The Balaban J connectivity index is 2.10. The molecule has 0 spiro atoms. The molecule has 0 radical (unpaired) electrons. The Hall–Kier alpha value is -2.60. The van der Waals surface area contributed by atoms with Gasteiger partial charge in [0, 0.05) is 10.9 Å². The zero-order valence-electron chi connectivity index (χ0n) is 14.4. The number of pyridine rings is 1. The molecule has 1 N–H and O–H groups in total. The predicted octanol–water partition coefficient (Wildman–Crippen LogP) is 4.55. The van der Waals surface area contributed by atoms with Crippen LogP contribution in [0.15, 0.2) is 30.5 Å². The molecule has 0 amide bonds. The van der Waals surface area contributed by atoms with Crippen LogP contribution in [0.5, 0.6) is 5.75 Å². The smallest absolute Gasteiger partial charge is 0.435 e. The van der Waals surface area contributed by atoms with Crippen molar-refractivity contribution < 1.29 is 14.6 Å². The number of benzene rings is 1. The summed E-state index contributed by atoms with van der Waals surface area (Å²) in [5, 5.41) is 15.0. The summed E-state index contributed by atoms with van der Waals surface area (Å²) < 4.78 is 6.64. The summed E-state index contributed by atoms with van der Waals surface area (Å²) in [5.41, 5.74) is 2.09. The van der Waals surface area contributed by atoms with Gasteiger partial charge < -0.3 is 9.84 Å². The topological polar surface area (TPSA) is 77.2 Å². The van der Waals surface area contributed by atoms with Crippen LogP contribution >= 0.6 is 11.6 Å². The molecule has 2 heterocycles. The third-order valence-corrected chi connectivity index (χ3v) is 3.87. The summed E-state index contributed by atoms with van der Waals surface area (Å²) in [4.78, 5) is 16.3. The van der Waals surface area contributed by atoms with E-state index in [1.807, 2.05) is 13.0 Å². The summed E-state index contributed by atoms with van der Waals surface area (Å²) in [6.07, 6.45) is 0.756. The lowest BCUT2D eigenvalue weighted by molar-refractivity contribution is 0.0522. The van der Waals surface area contributed by atoms with Crippen LogP contribution in [-0.2, 0) is 4.74 Å². The molecule has 0 saturated carbocycles. The number of aromatic nitrogens is 3. The number of hydrogen-bond donors (Lipinski definition) is 1. The second-order valence-electron chi connectivity index (χ2n) is 6.74. The summed E-state index contributed by atoms with van der Waals surface area (Å²) in [6, 6.07) is 6.98. The van der Waals surface area contributed by atoms with Crippen LogP contribution in [0.25, 0.3) is 22.0 Å². The third kappa shape index (κ3) is 3.44. The van der Waals surface area contributed by atoms with E-state index in [1.54, 1.807) is 39.0 Å². The van der Waals surface area contributed by atoms with E-state index in [1.165, 1.54) is 10.9 Å². The highest BCUT2D eigenvalue weighted by molar-refractivity contribution is 6.32. The van der Waals surface area contributed by atoms with E-state index in [0.29, 0.717) is 16.8 Å². The Labute approximate surface area is 150 Å². The van der Waals surface area contributed by atoms with Crippen LogP contribution in [0.1, 0.15) is 26.5 Å². The van der Waals surface area contributed by atoms with Crippen LogP contribution in [0.4, 0.5) is 4.79 Å². The molecule has 3 aromatic rings. The van der Waals surface area contributed by atoms with Crippen LogP contribution < -0.4 is 0 Å². The van der Waals surface area contributed by atoms with Gasteiger partial charge in [0.2, 0.25) is 0 Å². The first-order valence-corrected chi connectivity index (χ1v) is 8.11. The van der Waals surface area contributed by atoms with E-state index in [4.69, 9.17) is 16.3 Å². The van der Waals surface area contributed by atoms with Gasteiger partial charge in [-0.25, -0.2) is 9.78 Å². The quantitative estimate of drug-likeness (QED) is 0.645. The molecule has 0 aliphatic carbocycles. The van der Waals surface area contributed by atoms with E-state index in [9.17, 15) is 9.90 Å². The number of halogens is 1. The molecule has 0 unspecified atom stereocenters. The summed E-state index contributed by atoms with van der Waals surface area (Å²) >= 11 is 6.13. The molecule has 2 aromatic heterocycles. The lowest BCUT2D eigenvalue weighted by Crippen LogP contribution is -2.27. The Morgan fingerprint density at radius 1 is 1.28 bits per heavy atom. The molecule has 0 aliphatic heterocycles. The minimum absolute atomic E-state index is 0.0284. The van der Waals surface area contributed by atoms with Crippen molar-refractivity contribution in [2.75, 3.05) is 0 Å². The fourth-order valence-corrected chi connectivity index (χ4v) is 2.73. The highest BCUT2D eigenvalue weighted by Crippen LogP contribution is 2.32. The maximum Gasteiger partial charge on any atom is 0.435 e. The van der Waals surface area contributed by atoms with Gasteiger partial charge in [0.15, 0.2) is 0 Å². The summed E-state index contributed by atoms with van der Waals surface area (Å²) in [6.45, 7) is 7.23. The van der Waals surface area contributed by atoms with Crippen molar-refractivity contribution in [2.45, 2.75) is 33.3 Å². The van der Waals surface area contributed by atoms with Crippen LogP contribution in [-0.4, -0.2) is 31.6 Å². The molecular weight excluding hydrogens is 342 g/mol. The molecule has 0 atom stereocenters. The number of aromatic hydroxyl groups is 1. The molecule has 130 valence electrons. The minimum atomic E-state index is -0.607. The SMILES string of the molecule is Cc1nn(C(=O)OC(C)(C)C)c2ccc(-c3cc(O)cnc3Cl)cc12. The van der Waals surface area contributed by atoms with Gasteiger partial charge in [-0.1, -0.05) is 17.7 Å². The van der Waals surface area contributed by atoms with Crippen LogP contribution in [0.3, 0.4) is 0 Å². The average molecular weight is 360 g/mol. The molecule has 1 aromatic carbocycles. The molecular formula is C18H18ClN3O3. The van der Waals surface area contributed by atoms with Crippen LogP contribution in [0, 0.1) is 6.92 Å². The van der Waals surface area contributed by atoms with E-state index in [2.05, 4.69) is 10.1 Å². The number of carbonyl (C=O) groups is 1. The van der Waals surface area contributed by atoms with Crippen molar-refractivity contribution in [3.63, 3.8) is 0 Å². The van der Waals surface area contributed by atoms with Crippen molar-refractivity contribution in [2.24, 2.45) is 0 Å². The maximum absolute atomic E-state index is 12.4. The molecule has 0 fully saturated rings. The van der Waals surface area contributed by atoms with Gasteiger partial charge >= 0.3 is 6.09 Å². The predicted molar refractivity (Wildman–Crippen MR) is 96.0 cm³/mol. The number of aryl methyl sites for hydroxylation is 1. The van der Waals surface area contributed by atoms with E-state index >= 15 is 0 Å². The Morgan fingerprint density at radius 2 is 2.00 bits per heavy atom. The number of ether oxygens (including phenoxy) is 1. The number of rotatable bonds is 1. The summed E-state index contributed by atoms with van der Waals surface area (Å²) in [7, 11) is 0. The third-order valence-electron chi connectivity index (χ3n) is 3.57. The second-order valence-corrected chi connectivity index (χ2v) is 7.10. The highest BCUT2D eigenvalue weighted by Gasteiger charge is 2.21. The first kappa shape index (κ1) is 17.2. The lowest BCUT2D eigenvalue weighted by atomic mass is 10.0. The molecule has 7 heteroatoms. The Morgan fingerprint density at radius 3 is 2.68 bits per heavy atom. The Kier molecular flexibility index (Phi) is 4.16. The van der Waals surface area contributed by atoms with Crippen molar-refractivity contribution in [1.29, 1.82) is 0 Å². The minimum Gasteiger partial charge on any atom is -0.506 e. The van der Waals surface area contributed by atoms with Gasteiger partial charge in [0.25, 0.3) is 0 Å². The largest absolute Gasteiger partial charge is 0.506 e. The zero-order chi connectivity index (χ0) is 18.4. The number of fused-ring (bicyclic) bond motifs is 1. The van der Waals surface area contributed by atoms with Crippen molar-refractivity contribution in [3.8, 4) is 16.9 Å². The normalized spacial score (nSPS) is 11.7. The first-order valence-electron chi connectivity index (χ1n) is 7.73. The van der Waals surface area contributed by atoms with Gasteiger partial charge in [-0.3, -0.25) is 0 Å². The van der Waals surface area contributed by atoms with Crippen molar-refractivity contribution >= 4 is 28.6 Å². The fourth-order valence-electron chi connectivity index (χ4n) is 2.52.